The summed E-state index contributed by atoms with van der Waals surface area (Å²) < 4.78 is 21.1. The van der Waals surface area contributed by atoms with Gasteiger partial charge in [0.05, 0.1) is 26.4 Å². The average molecular weight is 382 g/mol. The van der Waals surface area contributed by atoms with Gasteiger partial charge in [0.2, 0.25) is 12.7 Å². The van der Waals surface area contributed by atoms with Gasteiger partial charge in [-0.2, -0.15) is 5.10 Å². The van der Waals surface area contributed by atoms with Crippen LogP contribution in [0.15, 0.2) is 47.6 Å². The number of allylic oxidation sites excluding steroid dienone is 1. The van der Waals surface area contributed by atoms with E-state index in [2.05, 4.69) is 10.5 Å². The summed E-state index contributed by atoms with van der Waals surface area (Å²) >= 11 is 0. The molecule has 2 aromatic rings. The predicted molar refractivity (Wildman–Crippen MR) is 106 cm³/mol. The molecule has 3 rings (SSSR count). The van der Waals surface area contributed by atoms with Crippen LogP contribution >= 0.6 is 0 Å². The summed E-state index contributed by atoms with van der Waals surface area (Å²) in [5, 5.41) is 4.10. The lowest BCUT2D eigenvalue weighted by Crippen LogP contribution is -2.20. The van der Waals surface area contributed by atoms with Gasteiger partial charge in [0.15, 0.2) is 23.0 Å². The number of nitrogens with zero attached hydrogens (tertiary/aromatic N) is 1. The molecular weight excluding hydrogens is 360 g/mol. The van der Waals surface area contributed by atoms with Gasteiger partial charge in [-0.3, -0.25) is 4.79 Å². The Balaban J connectivity index is 1.56. The first-order valence-corrected chi connectivity index (χ1v) is 8.71. The highest BCUT2D eigenvalue weighted by Gasteiger charge is 2.12. The zero-order valence-electron chi connectivity index (χ0n) is 16.0. The first kappa shape index (κ1) is 19.3. The van der Waals surface area contributed by atoms with Crippen molar-refractivity contribution in [2.45, 2.75) is 13.3 Å². The van der Waals surface area contributed by atoms with Crippen LogP contribution in [-0.4, -0.2) is 32.6 Å². The third-order valence-corrected chi connectivity index (χ3v) is 4.08. The average Bonchev–Trinajstić information content (AvgIpc) is 3.18. The van der Waals surface area contributed by atoms with Crippen LogP contribution in [-0.2, 0) is 11.2 Å². The Hall–Kier alpha value is -3.48. The maximum atomic E-state index is 12.1. The van der Waals surface area contributed by atoms with Crippen LogP contribution in [0.5, 0.6) is 23.0 Å². The highest BCUT2D eigenvalue weighted by atomic mass is 16.7. The summed E-state index contributed by atoms with van der Waals surface area (Å²) in [6.45, 7) is 2.05. The number of carbonyl (C=O) groups excluding carboxylic acids is 1. The summed E-state index contributed by atoms with van der Waals surface area (Å²) in [6, 6.07) is 11.0. The van der Waals surface area contributed by atoms with Gasteiger partial charge in [-0.05, 0) is 48.4 Å². The van der Waals surface area contributed by atoms with E-state index in [4.69, 9.17) is 18.9 Å². The number of hydrazone groups is 1. The van der Waals surface area contributed by atoms with Crippen molar-refractivity contribution in [3.05, 3.63) is 53.6 Å². The molecule has 0 aromatic heterocycles. The van der Waals surface area contributed by atoms with Crippen molar-refractivity contribution in [2.24, 2.45) is 5.10 Å². The van der Waals surface area contributed by atoms with E-state index in [0.29, 0.717) is 17.2 Å². The fourth-order valence-electron chi connectivity index (χ4n) is 2.64. The zero-order chi connectivity index (χ0) is 19.9. The van der Waals surface area contributed by atoms with E-state index < -0.39 is 0 Å². The number of nitrogens with one attached hydrogen (secondary N) is 1. The Bertz CT molecular complexity index is 921. The van der Waals surface area contributed by atoms with Crippen molar-refractivity contribution >= 4 is 17.7 Å². The molecular formula is C21H22N2O5. The fourth-order valence-corrected chi connectivity index (χ4v) is 2.64. The molecule has 0 radical (unpaired) electrons. The molecule has 0 saturated heterocycles. The van der Waals surface area contributed by atoms with Crippen molar-refractivity contribution in [1.82, 2.24) is 5.43 Å². The number of fused-ring (bicyclic) bond motifs is 1. The van der Waals surface area contributed by atoms with Crippen LogP contribution in [0, 0.1) is 0 Å². The van der Waals surface area contributed by atoms with Gasteiger partial charge < -0.3 is 18.9 Å². The van der Waals surface area contributed by atoms with E-state index >= 15 is 0 Å². The van der Waals surface area contributed by atoms with Crippen molar-refractivity contribution < 1.29 is 23.7 Å². The van der Waals surface area contributed by atoms with E-state index in [1.54, 1.807) is 33.3 Å². The first-order valence-electron chi connectivity index (χ1n) is 8.71. The number of ether oxygens (including phenoxy) is 4. The molecule has 0 fully saturated rings. The topological polar surface area (TPSA) is 78.4 Å². The van der Waals surface area contributed by atoms with Crippen LogP contribution in [0.1, 0.15) is 18.1 Å². The van der Waals surface area contributed by atoms with Crippen LogP contribution in [0.2, 0.25) is 0 Å². The molecule has 1 N–H and O–H groups in total. The SMILES string of the molecule is COc1ccc(CC(=O)N/N=C(C)\C=C\c2ccc3c(c2)OCO3)cc1OC. The van der Waals surface area contributed by atoms with Gasteiger partial charge in [-0.15, -0.1) is 0 Å². The number of hydrogen-bond donors (Lipinski definition) is 1. The van der Waals surface area contributed by atoms with Crippen LogP contribution in [0.4, 0.5) is 0 Å². The van der Waals surface area contributed by atoms with Gasteiger partial charge in [-0.1, -0.05) is 18.2 Å². The lowest BCUT2D eigenvalue weighted by molar-refractivity contribution is -0.120. The number of hydrogen-bond acceptors (Lipinski definition) is 6. The molecule has 0 saturated carbocycles. The highest BCUT2D eigenvalue weighted by molar-refractivity contribution is 5.97. The lowest BCUT2D eigenvalue weighted by atomic mass is 10.1. The zero-order valence-corrected chi connectivity index (χ0v) is 16.0. The maximum absolute atomic E-state index is 12.1. The van der Waals surface area contributed by atoms with Crippen LogP contribution < -0.4 is 24.4 Å². The van der Waals surface area contributed by atoms with E-state index in [1.165, 1.54) is 0 Å². The van der Waals surface area contributed by atoms with E-state index in [0.717, 1.165) is 22.6 Å². The number of benzene rings is 2. The monoisotopic (exact) mass is 382 g/mol. The quantitative estimate of drug-likeness (QED) is 0.588. The molecule has 28 heavy (non-hydrogen) atoms. The minimum Gasteiger partial charge on any atom is -0.493 e. The molecule has 0 bridgehead atoms. The molecule has 2 aromatic carbocycles. The maximum Gasteiger partial charge on any atom is 0.244 e. The lowest BCUT2D eigenvalue weighted by Gasteiger charge is -2.09. The Morgan fingerprint density at radius 2 is 1.89 bits per heavy atom. The van der Waals surface area contributed by atoms with Crippen molar-refractivity contribution in [3.63, 3.8) is 0 Å². The molecule has 0 aliphatic carbocycles. The Morgan fingerprint density at radius 3 is 2.68 bits per heavy atom. The molecule has 1 aliphatic heterocycles. The van der Waals surface area contributed by atoms with Crippen molar-refractivity contribution in [3.8, 4) is 23.0 Å². The second-order valence-electron chi connectivity index (χ2n) is 6.10. The smallest absolute Gasteiger partial charge is 0.244 e. The molecule has 7 nitrogen and oxygen atoms in total. The second kappa shape index (κ2) is 8.94. The van der Waals surface area contributed by atoms with Gasteiger partial charge >= 0.3 is 0 Å². The van der Waals surface area contributed by atoms with Gasteiger partial charge in [0, 0.05) is 0 Å². The van der Waals surface area contributed by atoms with Gasteiger partial charge in [0.25, 0.3) is 0 Å². The molecule has 0 spiro atoms. The molecule has 1 aliphatic rings. The summed E-state index contributed by atoms with van der Waals surface area (Å²) in [5.74, 6) is 2.45. The fraction of sp³-hybridized carbons (Fsp3) is 0.238. The van der Waals surface area contributed by atoms with Crippen LogP contribution in [0.25, 0.3) is 6.08 Å². The normalized spacial score (nSPS) is 12.9. The molecule has 0 atom stereocenters. The van der Waals surface area contributed by atoms with Crippen molar-refractivity contribution in [2.75, 3.05) is 21.0 Å². The number of methoxy groups -OCH3 is 2. The number of amides is 1. The second-order valence-corrected chi connectivity index (χ2v) is 6.10. The third-order valence-electron chi connectivity index (χ3n) is 4.08. The summed E-state index contributed by atoms with van der Waals surface area (Å²) in [4.78, 5) is 12.1. The van der Waals surface area contributed by atoms with E-state index in [1.807, 2.05) is 36.4 Å². The molecule has 146 valence electrons. The van der Waals surface area contributed by atoms with E-state index in [-0.39, 0.29) is 19.1 Å². The Kier molecular flexibility index (Phi) is 6.16. The molecule has 1 heterocycles. The summed E-state index contributed by atoms with van der Waals surface area (Å²) in [7, 11) is 3.13. The number of carbonyl (C=O) groups is 1. The minimum absolute atomic E-state index is 0.184. The third kappa shape index (κ3) is 4.82. The Morgan fingerprint density at radius 1 is 1.11 bits per heavy atom. The first-order chi connectivity index (χ1) is 13.6. The molecule has 1 amide bonds. The van der Waals surface area contributed by atoms with Gasteiger partial charge in [-0.25, -0.2) is 5.43 Å². The number of rotatable bonds is 7. The summed E-state index contributed by atoms with van der Waals surface area (Å²) in [5.41, 5.74) is 4.98. The van der Waals surface area contributed by atoms with E-state index in [9.17, 15) is 4.79 Å². The largest absolute Gasteiger partial charge is 0.493 e. The van der Waals surface area contributed by atoms with Crippen molar-refractivity contribution in [1.29, 1.82) is 0 Å². The highest BCUT2D eigenvalue weighted by Crippen LogP contribution is 2.32. The van der Waals surface area contributed by atoms with Gasteiger partial charge in [0.1, 0.15) is 0 Å². The standard InChI is InChI=1S/C21H22N2O5/c1-14(4-5-15-6-9-18-20(10-15)28-13-27-18)22-23-21(24)12-16-7-8-17(25-2)19(11-16)26-3/h4-11H,12-13H2,1-3H3,(H,23,24)/b5-4+,22-14-. The molecule has 7 heteroatoms. The predicted octanol–water partition coefficient (Wildman–Crippen LogP) is 3.18. The summed E-state index contributed by atoms with van der Waals surface area (Å²) in [6.07, 6.45) is 3.89. The Labute approximate surface area is 163 Å². The molecule has 0 unspecified atom stereocenters. The minimum atomic E-state index is -0.219. The van der Waals surface area contributed by atoms with Crippen LogP contribution in [0.3, 0.4) is 0 Å².